The minimum Gasteiger partial charge on any atom is -0.392 e. The summed E-state index contributed by atoms with van der Waals surface area (Å²) in [5, 5.41) is 23.7. The quantitative estimate of drug-likeness (QED) is 0.568. The molecule has 5 nitrogen and oxygen atoms in total. The highest BCUT2D eigenvalue weighted by atomic mass is 32.2. The van der Waals surface area contributed by atoms with Crippen molar-refractivity contribution in [3.63, 3.8) is 0 Å². The number of nitrogens with one attached hydrogen (secondary N) is 1. The number of nitro groups is 1. The van der Waals surface area contributed by atoms with Gasteiger partial charge in [0.2, 0.25) is 0 Å². The second-order valence-corrected chi connectivity index (χ2v) is 6.16. The largest absolute Gasteiger partial charge is 0.392 e. The molecule has 20 heavy (non-hydrogen) atoms. The van der Waals surface area contributed by atoms with E-state index in [1.807, 2.05) is 19.9 Å². The highest BCUT2D eigenvalue weighted by molar-refractivity contribution is 7.99. The molecule has 0 aliphatic heterocycles. The van der Waals surface area contributed by atoms with Crippen molar-refractivity contribution in [2.45, 2.75) is 44.3 Å². The molecule has 1 aromatic carbocycles. The fourth-order valence-corrected chi connectivity index (χ4v) is 2.51. The predicted molar refractivity (Wildman–Crippen MR) is 84.3 cm³/mol. The first kappa shape index (κ1) is 16.8. The van der Waals surface area contributed by atoms with E-state index >= 15 is 0 Å². The van der Waals surface area contributed by atoms with Crippen LogP contribution in [0, 0.1) is 10.1 Å². The zero-order valence-electron chi connectivity index (χ0n) is 12.1. The van der Waals surface area contributed by atoms with E-state index in [1.54, 1.807) is 30.8 Å². The molecule has 0 spiro atoms. The molecule has 0 fully saturated rings. The van der Waals surface area contributed by atoms with Crippen molar-refractivity contribution in [1.82, 2.24) is 0 Å². The Balaban J connectivity index is 2.79. The van der Waals surface area contributed by atoms with Crippen molar-refractivity contribution < 1.29 is 10.0 Å². The Morgan fingerprint density at radius 1 is 1.45 bits per heavy atom. The van der Waals surface area contributed by atoms with Gasteiger partial charge in [-0.15, -0.1) is 0 Å². The van der Waals surface area contributed by atoms with Gasteiger partial charge in [-0.25, -0.2) is 0 Å². The zero-order valence-corrected chi connectivity index (χ0v) is 12.9. The van der Waals surface area contributed by atoms with Crippen LogP contribution in [0.3, 0.4) is 0 Å². The van der Waals surface area contributed by atoms with Crippen LogP contribution >= 0.6 is 11.8 Å². The molecule has 0 amide bonds. The molecule has 1 rings (SSSR count). The predicted octanol–water partition coefficient (Wildman–Crippen LogP) is 3.42. The summed E-state index contributed by atoms with van der Waals surface area (Å²) in [6.45, 7) is 6.42. The Labute approximate surface area is 123 Å². The van der Waals surface area contributed by atoms with Gasteiger partial charge in [-0.3, -0.25) is 10.1 Å². The molecule has 0 saturated carbocycles. The van der Waals surface area contributed by atoms with Crippen LogP contribution in [0.15, 0.2) is 18.2 Å². The van der Waals surface area contributed by atoms with Gasteiger partial charge in [-0.1, -0.05) is 19.9 Å². The highest BCUT2D eigenvalue weighted by Crippen LogP contribution is 2.28. The molecular weight excluding hydrogens is 276 g/mol. The fraction of sp³-hybridized carbons (Fsp3) is 0.571. The second-order valence-electron chi connectivity index (χ2n) is 4.79. The molecular formula is C14H22N2O3S. The maximum absolute atomic E-state index is 11.1. The Hall–Kier alpha value is -1.27. The maximum Gasteiger partial charge on any atom is 0.292 e. The van der Waals surface area contributed by atoms with Gasteiger partial charge in [0.15, 0.2) is 0 Å². The molecule has 0 aromatic heterocycles. The lowest BCUT2D eigenvalue weighted by Crippen LogP contribution is -2.15. The van der Waals surface area contributed by atoms with E-state index < -0.39 is 0 Å². The molecule has 1 aromatic rings. The average Bonchev–Trinajstić information content (AvgIpc) is 2.42. The first-order valence-electron chi connectivity index (χ1n) is 6.76. The van der Waals surface area contributed by atoms with Crippen molar-refractivity contribution >= 4 is 23.1 Å². The van der Waals surface area contributed by atoms with Gasteiger partial charge in [0.25, 0.3) is 5.69 Å². The Morgan fingerprint density at radius 3 is 2.70 bits per heavy atom. The second kappa shape index (κ2) is 8.11. The van der Waals surface area contributed by atoms with Crippen molar-refractivity contribution in [2.24, 2.45) is 0 Å². The van der Waals surface area contributed by atoms with Gasteiger partial charge >= 0.3 is 0 Å². The molecule has 0 saturated heterocycles. The number of anilines is 1. The molecule has 0 bridgehead atoms. The van der Waals surface area contributed by atoms with Crippen LogP contribution in [0.4, 0.5) is 11.4 Å². The summed E-state index contributed by atoms with van der Waals surface area (Å²) >= 11 is 1.59. The molecule has 2 atom stereocenters. The van der Waals surface area contributed by atoms with E-state index in [0.717, 1.165) is 12.0 Å². The number of nitro benzene ring substituents is 1. The molecule has 112 valence electrons. The monoisotopic (exact) mass is 298 g/mol. The van der Waals surface area contributed by atoms with Crippen LogP contribution in [-0.2, 0) is 5.75 Å². The number of nitrogens with zero attached hydrogens (tertiary/aromatic N) is 1. The summed E-state index contributed by atoms with van der Waals surface area (Å²) < 4.78 is 0. The Kier molecular flexibility index (Phi) is 6.81. The lowest BCUT2D eigenvalue weighted by Gasteiger charge is -2.14. The van der Waals surface area contributed by atoms with Crippen LogP contribution < -0.4 is 5.32 Å². The third-order valence-corrected chi connectivity index (χ3v) is 4.44. The summed E-state index contributed by atoms with van der Waals surface area (Å²) in [6.07, 6.45) is 0.529. The lowest BCUT2D eigenvalue weighted by atomic mass is 10.2. The number of aliphatic hydroxyl groups excluding tert-OH is 1. The van der Waals surface area contributed by atoms with E-state index in [1.165, 1.54) is 0 Å². The van der Waals surface area contributed by atoms with Crippen molar-refractivity contribution in [2.75, 3.05) is 11.9 Å². The molecule has 0 radical (unpaired) electrons. The SMILES string of the molecule is CCCNc1ccc(CSC(C)C(C)O)cc1[N+](=O)[O-]. The van der Waals surface area contributed by atoms with E-state index in [9.17, 15) is 15.2 Å². The minimum absolute atomic E-state index is 0.104. The van der Waals surface area contributed by atoms with Crippen molar-refractivity contribution in [1.29, 1.82) is 0 Å². The smallest absolute Gasteiger partial charge is 0.292 e. The van der Waals surface area contributed by atoms with E-state index in [0.29, 0.717) is 18.0 Å². The highest BCUT2D eigenvalue weighted by Gasteiger charge is 2.15. The van der Waals surface area contributed by atoms with E-state index in [-0.39, 0.29) is 22.0 Å². The number of hydrogen-bond donors (Lipinski definition) is 2. The van der Waals surface area contributed by atoms with Gasteiger partial charge in [-0.2, -0.15) is 11.8 Å². The Morgan fingerprint density at radius 2 is 2.15 bits per heavy atom. The van der Waals surface area contributed by atoms with Crippen molar-refractivity contribution in [3.8, 4) is 0 Å². The average molecular weight is 298 g/mol. The summed E-state index contributed by atoms with van der Waals surface area (Å²) in [6, 6.07) is 5.27. The van der Waals surface area contributed by atoms with Gasteiger partial charge < -0.3 is 10.4 Å². The standard InChI is InChI=1S/C14H22N2O3S/c1-4-7-15-13-6-5-12(8-14(13)16(18)19)9-20-11(3)10(2)17/h5-6,8,10-11,15,17H,4,7,9H2,1-3H3. The molecule has 0 heterocycles. The third-order valence-electron chi connectivity index (χ3n) is 3.02. The van der Waals surface area contributed by atoms with Crippen LogP contribution in [0.25, 0.3) is 0 Å². The van der Waals surface area contributed by atoms with Crippen LogP contribution in [0.5, 0.6) is 0 Å². The van der Waals surface area contributed by atoms with Crippen LogP contribution in [0.2, 0.25) is 0 Å². The first-order chi connectivity index (χ1) is 9.45. The molecule has 0 aliphatic carbocycles. The van der Waals surface area contributed by atoms with E-state index in [4.69, 9.17) is 0 Å². The topological polar surface area (TPSA) is 75.4 Å². The van der Waals surface area contributed by atoms with Gasteiger partial charge in [0.1, 0.15) is 5.69 Å². The maximum atomic E-state index is 11.1. The normalized spacial score (nSPS) is 13.8. The molecule has 2 N–H and O–H groups in total. The Bertz CT molecular complexity index is 452. The number of aliphatic hydroxyl groups is 1. The van der Waals surface area contributed by atoms with Crippen molar-refractivity contribution in [3.05, 3.63) is 33.9 Å². The van der Waals surface area contributed by atoms with Gasteiger partial charge in [0.05, 0.1) is 11.0 Å². The van der Waals surface area contributed by atoms with Crippen LogP contribution in [0.1, 0.15) is 32.8 Å². The molecule has 0 aliphatic rings. The first-order valence-corrected chi connectivity index (χ1v) is 7.81. The van der Waals surface area contributed by atoms with Crippen LogP contribution in [-0.4, -0.2) is 27.9 Å². The summed E-state index contributed by atoms with van der Waals surface area (Å²) in [7, 11) is 0. The number of benzene rings is 1. The number of rotatable bonds is 8. The summed E-state index contributed by atoms with van der Waals surface area (Å²) in [5.74, 6) is 0.654. The lowest BCUT2D eigenvalue weighted by molar-refractivity contribution is -0.384. The molecule has 2 unspecified atom stereocenters. The summed E-state index contributed by atoms with van der Waals surface area (Å²) in [4.78, 5) is 10.7. The summed E-state index contributed by atoms with van der Waals surface area (Å²) in [5.41, 5.74) is 1.58. The minimum atomic E-state index is -0.388. The van der Waals surface area contributed by atoms with Gasteiger partial charge in [-0.05, 0) is 25.0 Å². The zero-order chi connectivity index (χ0) is 15.1. The fourth-order valence-electron chi connectivity index (χ4n) is 1.59. The molecule has 6 heteroatoms. The number of hydrogen-bond acceptors (Lipinski definition) is 5. The number of thioether (sulfide) groups is 1. The third kappa shape index (κ3) is 5.02. The van der Waals surface area contributed by atoms with E-state index in [2.05, 4.69) is 5.32 Å². The van der Waals surface area contributed by atoms with Gasteiger partial charge in [0, 0.05) is 23.6 Å².